The normalized spacial score (nSPS) is 12.1. The molecule has 0 aromatic heterocycles. The van der Waals surface area contributed by atoms with E-state index in [4.69, 9.17) is 0 Å². The van der Waals surface area contributed by atoms with Gasteiger partial charge in [-0.1, -0.05) is 33.6 Å². The second-order valence-corrected chi connectivity index (χ2v) is 7.20. The average molecular weight is 272 g/mol. The number of hydrogen-bond acceptors (Lipinski definition) is 4. The molecule has 0 saturated heterocycles. The lowest BCUT2D eigenvalue weighted by Crippen LogP contribution is -2.24. The summed E-state index contributed by atoms with van der Waals surface area (Å²) in [5.41, 5.74) is -0.324. The Hall–Kier alpha value is -1.06. The van der Waals surface area contributed by atoms with E-state index in [1.165, 1.54) is 0 Å². The van der Waals surface area contributed by atoms with Crippen LogP contribution in [-0.4, -0.2) is 11.9 Å². The van der Waals surface area contributed by atoms with E-state index >= 15 is 0 Å². The summed E-state index contributed by atoms with van der Waals surface area (Å²) in [5, 5.41) is 0. The van der Waals surface area contributed by atoms with E-state index in [0.717, 1.165) is 25.7 Å². The van der Waals surface area contributed by atoms with E-state index in [-0.39, 0.29) is 0 Å². The minimum Gasteiger partial charge on any atom is -0.247 e. The Bertz CT molecular complexity index is 294. The first kappa shape index (κ1) is 17.9. The lowest BCUT2D eigenvalue weighted by molar-refractivity contribution is -0.265. The van der Waals surface area contributed by atoms with Gasteiger partial charge in [0.1, 0.15) is 0 Å². The molecular formula is C15H28O4. The van der Waals surface area contributed by atoms with Crippen molar-refractivity contribution < 1.29 is 19.4 Å². The van der Waals surface area contributed by atoms with Crippen LogP contribution in [0.4, 0.5) is 0 Å². The van der Waals surface area contributed by atoms with Crippen LogP contribution in [0.1, 0.15) is 73.6 Å². The Balaban J connectivity index is 3.64. The van der Waals surface area contributed by atoms with Crippen molar-refractivity contribution in [3.05, 3.63) is 0 Å². The summed E-state index contributed by atoms with van der Waals surface area (Å²) in [6, 6.07) is 0. The standard InChI is InChI=1S/C15H28O4/c1-14(2,3)11-9-7-8-10-12(16)18-19-13(17)15(4,5)6/h7-11H2,1-6H3. The Labute approximate surface area is 116 Å². The van der Waals surface area contributed by atoms with Crippen LogP contribution in [0.2, 0.25) is 0 Å². The molecule has 0 atom stereocenters. The van der Waals surface area contributed by atoms with E-state index in [1.807, 2.05) is 0 Å². The molecule has 0 aliphatic heterocycles. The molecule has 4 heteroatoms. The third-order valence-electron chi connectivity index (χ3n) is 2.63. The Morgan fingerprint density at radius 3 is 1.89 bits per heavy atom. The molecule has 0 aliphatic carbocycles. The molecule has 0 radical (unpaired) electrons. The van der Waals surface area contributed by atoms with Gasteiger partial charge in [0.25, 0.3) is 0 Å². The highest BCUT2D eigenvalue weighted by molar-refractivity contribution is 5.76. The molecule has 0 rings (SSSR count). The van der Waals surface area contributed by atoms with Crippen LogP contribution in [0.5, 0.6) is 0 Å². The van der Waals surface area contributed by atoms with Crippen LogP contribution in [0.25, 0.3) is 0 Å². The Kier molecular flexibility index (Phi) is 7.09. The zero-order valence-corrected chi connectivity index (χ0v) is 13.2. The lowest BCUT2D eigenvalue weighted by atomic mass is 9.89. The van der Waals surface area contributed by atoms with Crippen LogP contribution < -0.4 is 0 Å². The topological polar surface area (TPSA) is 52.6 Å². The van der Waals surface area contributed by atoms with Crippen LogP contribution in [0.15, 0.2) is 0 Å². The minimum absolute atomic E-state index is 0.293. The van der Waals surface area contributed by atoms with Crippen LogP contribution >= 0.6 is 0 Å². The van der Waals surface area contributed by atoms with Gasteiger partial charge in [0.15, 0.2) is 0 Å². The summed E-state index contributed by atoms with van der Waals surface area (Å²) >= 11 is 0. The highest BCUT2D eigenvalue weighted by Gasteiger charge is 2.25. The van der Waals surface area contributed by atoms with Crippen molar-refractivity contribution >= 4 is 11.9 Å². The number of carbonyl (C=O) groups is 2. The summed E-state index contributed by atoms with van der Waals surface area (Å²) in [7, 11) is 0. The van der Waals surface area contributed by atoms with Gasteiger partial charge < -0.3 is 0 Å². The Morgan fingerprint density at radius 1 is 0.842 bits per heavy atom. The van der Waals surface area contributed by atoms with Crippen LogP contribution in [-0.2, 0) is 19.4 Å². The number of unbranched alkanes of at least 4 members (excludes halogenated alkanes) is 2. The molecule has 0 heterocycles. The van der Waals surface area contributed by atoms with Gasteiger partial charge in [-0.2, -0.15) is 0 Å². The van der Waals surface area contributed by atoms with Crippen molar-refractivity contribution in [2.45, 2.75) is 73.6 Å². The van der Waals surface area contributed by atoms with E-state index < -0.39 is 17.4 Å². The number of hydrogen-bond donors (Lipinski definition) is 0. The van der Waals surface area contributed by atoms with E-state index in [1.54, 1.807) is 20.8 Å². The van der Waals surface area contributed by atoms with Gasteiger partial charge in [0, 0.05) is 0 Å². The van der Waals surface area contributed by atoms with Gasteiger partial charge in [0.05, 0.1) is 11.8 Å². The first-order chi connectivity index (χ1) is 8.52. The predicted molar refractivity (Wildman–Crippen MR) is 74.2 cm³/mol. The second-order valence-electron chi connectivity index (χ2n) is 7.20. The fourth-order valence-electron chi connectivity index (χ4n) is 1.35. The first-order valence-corrected chi connectivity index (χ1v) is 6.94. The summed E-state index contributed by atoms with van der Waals surface area (Å²) < 4.78 is 0. The van der Waals surface area contributed by atoms with Gasteiger partial charge in [-0.05, 0) is 39.0 Å². The minimum atomic E-state index is -0.660. The van der Waals surface area contributed by atoms with Gasteiger partial charge in [-0.25, -0.2) is 19.4 Å². The average Bonchev–Trinajstić information content (AvgIpc) is 2.22. The molecule has 0 bridgehead atoms. The van der Waals surface area contributed by atoms with Crippen molar-refractivity contribution in [3.63, 3.8) is 0 Å². The molecule has 19 heavy (non-hydrogen) atoms. The molecule has 0 fully saturated rings. The second kappa shape index (κ2) is 7.51. The summed E-state index contributed by atoms with van der Waals surface area (Å²) in [6.45, 7) is 11.7. The smallest absolute Gasteiger partial charge is 0.247 e. The summed E-state index contributed by atoms with van der Waals surface area (Å²) in [5.74, 6) is -1.01. The van der Waals surface area contributed by atoms with Gasteiger partial charge in [-0.3, -0.25) is 0 Å². The molecular weight excluding hydrogens is 244 g/mol. The highest BCUT2D eigenvalue weighted by Crippen LogP contribution is 2.22. The van der Waals surface area contributed by atoms with Gasteiger partial charge in [-0.15, -0.1) is 0 Å². The van der Waals surface area contributed by atoms with Crippen LogP contribution in [0.3, 0.4) is 0 Å². The van der Waals surface area contributed by atoms with Gasteiger partial charge in [0.2, 0.25) is 0 Å². The zero-order chi connectivity index (χ0) is 15.1. The third kappa shape index (κ3) is 10.5. The van der Waals surface area contributed by atoms with E-state index in [2.05, 4.69) is 30.5 Å². The molecule has 0 amide bonds. The van der Waals surface area contributed by atoms with Gasteiger partial charge >= 0.3 is 11.9 Å². The van der Waals surface area contributed by atoms with Crippen molar-refractivity contribution in [1.29, 1.82) is 0 Å². The fraction of sp³-hybridized carbons (Fsp3) is 0.867. The molecule has 0 unspecified atom stereocenters. The summed E-state index contributed by atoms with van der Waals surface area (Å²) in [6.07, 6.45) is 4.28. The first-order valence-electron chi connectivity index (χ1n) is 6.94. The molecule has 0 N–H and O–H groups in total. The number of carbonyl (C=O) groups excluding carboxylic acids is 2. The summed E-state index contributed by atoms with van der Waals surface area (Å²) in [4.78, 5) is 31.7. The molecule has 0 aliphatic rings. The van der Waals surface area contributed by atoms with Crippen molar-refractivity contribution in [1.82, 2.24) is 0 Å². The molecule has 0 aromatic rings. The maximum absolute atomic E-state index is 11.4. The zero-order valence-electron chi connectivity index (χ0n) is 13.2. The van der Waals surface area contributed by atoms with Crippen molar-refractivity contribution in [2.24, 2.45) is 10.8 Å². The lowest BCUT2D eigenvalue weighted by Gasteiger charge is -2.17. The molecule has 0 saturated carbocycles. The molecule has 4 nitrogen and oxygen atoms in total. The quantitative estimate of drug-likeness (QED) is 0.431. The maximum Gasteiger partial charge on any atom is 0.360 e. The largest absolute Gasteiger partial charge is 0.360 e. The molecule has 112 valence electrons. The molecule has 0 aromatic carbocycles. The SMILES string of the molecule is CC(C)(C)CCCCCC(=O)OOC(=O)C(C)(C)C. The van der Waals surface area contributed by atoms with E-state index in [0.29, 0.717) is 11.8 Å². The number of rotatable bonds is 5. The third-order valence-corrected chi connectivity index (χ3v) is 2.63. The van der Waals surface area contributed by atoms with Crippen molar-refractivity contribution in [2.75, 3.05) is 0 Å². The molecule has 0 spiro atoms. The monoisotopic (exact) mass is 272 g/mol. The predicted octanol–water partition coefficient (Wildman–Crippen LogP) is 4.03. The maximum atomic E-state index is 11.4. The van der Waals surface area contributed by atoms with Crippen molar-refractivity contribution in [3.8, 4) is 0 Å². The Morgan fingerprint density at radius 2 is 1.42 bits per heavy atom. The van der Waals surface area contributed by atoms with E-state index in [9.17, 15) is 9.59 Å². The van der Waals surface area contributed by atoms with Crippen LogP contribution in [0, 0.1) is 10.8 Å². The highest BCUT2D eigenvalue weighted by atomic mass is 17.2. The fourth-order valence-corrected chi connectivity index (χ4v) is 1.35.